The molecule has 1 rings (SSSR count). The maximum absolute atomic E-state index is 11.9. The van der Waals surface area contributed by atoms with Crippen LogP contribution in [-0.4, -0.2) is 11.6 Å². The summed E-state index contributed by atoms with van der Waals surface area (Å²) in [5.41, 5.74) is 4.29. The van der Waals surface area contributed by atoms with Gasteiger partial charge in [0.25, 0.3) is 5.91 Å². The van der Waals surface area contributed by atoms with Gasteiger partial charge < -0.3 is 0 Å². The van der Waals surface area contributed by atoms with Gasteiger partial charge in [-0.1, -0.05) is 38.8 Å². The van der Waals surface area contributed by atoms with Crippen molar-refractivity contribution < 1.29 is 4.79 Å². The van der Waals surface area contributed by atoms with Crippen molar-refractivity contribution in [3.63, 3.8) is 0 Å². The van der Waals surface area contributed by atoms with Crippen molar-refractivity contribution in [3.8, 4) is 0 Å². The first-order valence-corrected chi connectivity index (χ1v) is 7.08. The SMILES string of the molecule is CCCC(CCC)=NNC(=O)c1ccccc1Br. The molecule has 1 aromatic carbocycles. The Kier molecular flexibility index (Phi) is 6.65. The average molecular weight is 311 g/mol. The molecule has 1 amide bonds. The predicted octanol–water partition coefficient (Wildman–Crippen LogP) is 4.14. The second-order valence-corrected chi connectivity index (χ2v) is 4.95. The van der Waals surface area contributed by atoms with Gasteiger partial charge >= 0.3 is 0 Å². The van der Waals surface area contributed by atoms with Gasteiger partial charge in [-0.05, 0) is 40.9 Å². The van der Waals surface area contributed by atoms with Gasteiger partial charge in [0.1, 0.15) is 0 Å². The molecule has 0 bridgehead atoms. The van der Waals surface area contributed by atoms with E-state index in [-0.39, 0.29) is 5.91 Å². The minimum absolute atomic E-state index is 0.174. The summed E-state index contributed by atoms with van der Waals surface area (Å²) in [7, 11) is 0. The number of benzene rings is 1. The predicted molar refractivity (Wildman–Crippen MR) is 78.9 cm³/mol. The Labute approximate surface area is 117 Å². The number of nitrogens with one attached hydrogen (secondary N) is 1. The molecule has 0 aliphatic heterocycles. The maximum Gasteiger partial charge on any atom is 0.272 e. The lowest BCUT2D eigenvalue weighted by Gasteiger charge is -2.06. The molecule has 4 heteroatoms. The minimum atomic E-state index is -0.174. The van der Waals surface area contributed by atoms with Crippen molar-refractivity contribution in [2.75, 3.05) is 0 Å². The van der Waals surface area contributed by atoms with Crippen LogP contribution in [0.2, 0.25) is 0 Å². The molecule has 98 valence electrons. The fourth-order valence-electron chi connectivity index (χ4n) is 1.65. The summed E-state index contributed by atoms with van der Waals surface area (Å²) in [4.78, 5) is 11.9. The Balaban J connectivity index is 2.69. The van der Waals surface area contributed by atoms with E-state index in [0.29, 0.717) is 5.56 Å². The highest BCUT2D eigenvalue weighted by Gasteiger charge is 2.08. The van der Waals surface area contributed by atoms with E-state index < -0.39 is 0 Å². The van der Waals surface area contributed by atoms with Crippen LogP contribution in [0, 0.1) is 0 Å². The van der Waals surface area contributed by atoms with Gasteiger partial charge in [0.2, 0.25) is 0 Å². The second kappa shape index (κ2) is 8.03. The summed E-state index contributed by atoms with van der Waals surface area (Å²) in [6.07, 6.45) is 3.96. The molecule has 0 saturated heterocycles. The lowest BCUT2D eigenvalue weighted by atomic mass is 10.1. The van der Waals surface area contributed by atoms with E-state index in [1.54, 1.807) is 6.07 Å². The van der Waals surface area contributed by atoms with Crippen molar-refractivity contribution in [1.82, 2.24) is 5.43 Å². The van der Waals surface area contributed by atoms with E-state index in [1.807, 2.05) is 18.2 Å². The third-order valence-electron chi connectivity index (χ3n) is 2.51. The van der Waals surface area contributed by atoms with E-state index >= 15 is 0 Å². The molecule has 0 aliphatic carbocycles. The van der Waals surface area contributed by atoms with Crippen LogP contribution in [0.3, 0.4) is 0 Å². The van der Waals surface area contributed by atoms with Crippen LogP contribution in [0.25, 0.3) is 0 Å². The second-order valence-electron chi connectivity index (χ2n) is 4.10. The lowest BCUT2D eigenvalue weighted by Crippen LogP contribution is -2.20. The monoisotopic (exact) mass is 310 g/mol. The fourth-order valence-corrected chi connectivity index (χ4v) is 2.11. The first kappa shape index (κ1) is 14.9. The van der Waals surface area contributed by atoms with Crippen LogP contribution in [0.15, 0.2) is 33.8 Å². The van der Waals surface area contributed by atoms with Crippen molar-refractivity contribution in [1.29, 1.82) is 0 Å². The zero-order chi connectivity index (χ0) is 13.4. The Bertz CT molecular complexity index is 422. The fraction of sp³-hybridized carbons (Fsp3) is 0.429. The molecule has 1 N–H and O–H groups in total. The number of hydrazone groups is 1. The molecule has 0 saturated carbocycles. The van der Waals surface area contributed by atoms with Gasteiger partial charge in [0.05, 0.1) is 5.56 Å². The van der Waals surface area contributed by atoms with E-state index in [2.05, 4.69) is 40.3 Å². The number of halogens is 1. The Morgan fingerprint density at radius 1 is 1.22 bits per heavy atom. The molecular formula is C14H19BrN2O. The summed E-state index contributed by atoms with van der Waals surface area (Å²) in [6.45, 7) is 4.22. The number of carbonyl (C=O) groups excluding carboxylic acids is 1. The standard InChI is InChI=1S/C14H19BrN2O/c1-3-7-11(8-4-2)16-17-14(18)12-9-5-6-10-13(12)15/h5-6,9-10H,3-4,7-8H2,1-2H3,(H,17,18). The molecule has 0 fully saturated rings. The number of amides is 1. The Hall–Kier alpha value is -1.16. The number of hydrogen-bond acceptors (Lipinski definition) is 2. The molecule has 0 heterocycles. The molecule has 0 aromatic heterocycles. The summed E-state index contributed by atoms with van der Waals surface area (Å²) in [6, 6.07) is 7.33. The molecule has 3 nitrogen and oxygen atoms in total. The van der Waals surface area contributed by atoms with Crippen LogP contribution < -0.4 is 5.43 Å². The highest BCUT2D eigenvalue weighted by molar-refractivity contribution is 9.10. The first-order chi connectivity index (χ1) is 8.69. The normalized spacial score (nSPS) is 9.94. The zero-order valence-corrected chi connectivity index (χ0v) is 12.5. The van der Waals surface area contributed by atoms with E-state index in [4.69, 9.17) is 0 Å². The van der Waals surface area contributed by atoms with E-state index in [0.717, 1.165) is 35.9 Å². The topological polar surface area (TPSA) is 41.5 Å². The lowest BCUT2D eigenvalue weighted by molar-refractivity contribution is 0.0954. The zero-order valence-electron chi connectivity index (χ0n) is 10.9. The highest BCUT2D eigenvalue weighted by atomic mass is 79.9. The van der Waals surface area contributed by atoms with E-state index in [9.17, 15) is 4.79 Å². The van der Waals surface area contributed by atoms with Gasteiger partial charge in [-0.3, -0.25) is 4.79 Å². The van der Waals surface area contributed by atoms with Crippen LogP contribution >= 0.6 is 15.9 Å². The van der Waals surface area contributed by atoms with Crippen molar-refractivity contribution in [2.24, 2.45) is 5.10 Å². The van der Waals surface area contributed by atoms with Gasteiger partial charge in [-0.2, -0.15) is 5.10 Å². The van der Waals surface area contributed by atoms with Crippen molar-refractivity contribution in [3.05, 3.63) is 34.3 Å². The summed E-state index contributed by atoms with van der Waals surface area (Å²) >= 11 is 3.36. The van der Waals surface area contributed by atoms with Crippen LogP contribution in [0.1, 0.15) is 49.9 Å². The number of carbonyl (C=O) groups is 1. The molecule has 0 aliphatic rings. The maximum atomic E-state index is 11.9. The van der Waals surface area contributed by atoms with Crippen molar-refractivity contribution >= 4 is 27.5 Å². The summed E-state index contributed by atoms with van der Waals surface area (Å²) in [5, 5.41) is 4.22. The smallest absolute Gasteiger partial charge is 0.267 e. The molecule has 0 spiro atoms. The van der Waals surface area contributed by atoms with Crippen molar-refractivity contribution in [2.45, 2.75) is 39.5 Å². The van der Waals surface area contributed by atoms with Gasteiger partial charge in [-0.25, -0.2) is 5.43 Å². The van der Waals surface area contributed by atoms with Crippen LogP contribution in [0.5, 0.6) is 0 Å². The average Bonchev–Trinajstić information content (AvgIpc) is 2.36. The largest absolute Gasteiger partial charge is 0.272 e. The Morgan fingerprint density at radius 2 is 1.83 bits per heavy atom. The molecule has 1 aromatic rings. The third-order valence-corrected chi connectivity index (χ3v) is 3.20. The molecule has 18 heavy (non-hydrogen) atoms. The molecule has 0 unspecified atom stereocenters. The van der Waals surface area contributed by atoms with E-state index in [1.165, 1.54) is 0 Å². The number of hydrogen-bond donors (Lipinski definition) is 1. The van der Waals surface area contributed by atoms with Crippen LogP contribution in [-0.2, 0) is 0 Å². The highest BCUT2D eigenvalue weighted by Crippen LogP contribution is 2.15. The molecule has 0 atom stereocenters. The summed E-state index contributed by atoms with van der Waals surface area (Å²) in [5.74, 6) is -0.174. The number of rotatable bonds is 6. The summed E-state index contributed by atoms with van der Waals surface area (Å²) < 4.78 is 0.783. The first-order valence-electron chi connectivity index (χ1n) is 6.29. The Morgan fingerprint density at radius 3 is 2.39 bits per heavy atom. The quantitative estimate of drug-likeness (QED) is 0.623. The molecule has 0 radical (unpaired) electrons. The minimum Gasteiger partial charge on any atom is -0.267 e. The molecular weight excluding hydrogens is 292 g/mol. The van der Waals surface area contributed by atoms with Gasteiger partial charge in [-0.15, -0.1) is 0 Å². The van der Waals surface area contributed by atoms with Gasteiger partial charge in [0.15, 0.2) is 0 Å². The van der Waals surface area contributed by atoms with Crippen LogP contribution in [0.4, 0.5) is 0 Å². The van der Waals surface area contributed by atoms with Gasteiger partial charge in [0, 0.05) is 10.2 Å². The number of nitrogens with zero attached hydrogens (tertiary/aromatic N) is 1. The third kappa shape index (κ3) is 4.61.